The number of hydrogen-bond donors (Lipinski definition) is 0. The molecule has 0 radical (unpaired) electrons. The maximum absolute atomic E-state index is 12.6. The summed E-state index contributed by atoms with van der Waals surface area (Å²) in [6, 6.07) is 18.9. The van der Waals surface area contributed by atoms with Crippen molar-refractivity contribution in [2.45, 2.75) is 45.4 Å². The van der Waals surface area contributed by atoms with Crippen LogP contribution in [0.15, 0.2) is 54.6 Å². The van der Waals surface area contributed by atoms with Crippen molar-refractivity contribution in [3.05, 3.63) is 60.2 Å². The van der Waals surface area contributed by atoms with Gasteiger partial charge in [0, 0.05) is 49.7 Å². The number of piperazine rings is 1. The van der Waals surface area contributed by atoms with Crippen molar-refractivity contribution in [3.63, 3.8) is 0 Å². The number of benzene rings is 2. The molecule has 9 heteroatoms. The molecule has 218 valence electrons. The van der Waals surface area contributed by atoms with Crippen LogP contribution in [0.5, 0.6) is 5.88 Å². The van der Waals surface area contributed by atoms with Crippen LogP contribution >= 0.6 is 0 Å². The normalized spacial score (nSPS) is 15.6. The molecule has 0 N–H and O–H groups in total. The van der Waals surface area contributed by atoms with Crippen LogP contribution in [0.1, 0.15) is 44.6 Å². The Kier molecular flexibility index (Phi) is 9.91. The predicted octanol–water partition coefficient (Wildman–Crippen LogP) is 5.41. The Morgan fingerprint density at radius 3 is 2.56 bits per heavy atom. The number of carbonyl (C=O) groups excluding carboxylic acids is 2. The van der Waals surface area contributed by atoms with Crippen LogP contribution < -0.4 is 14.5 Å². The molecule has 2 aliphatic rings. The topological polar surface area (TPSA) is 84.4 Å². The number of rotatable bonds is 12. The highest BCUT2D eigenvalue weighted by Gasteiger charge is 2.27. The van der Waals surface area contributed by atoms with E-state index in [-0.39, 0.29) is 12.6 Å². The van der Waals surface area contributed by atoms with Crippen molar-refractivity contribution in [2.24, 2.45) is 0 Å². The molecule has 9 nitrogen and oxygen atoms in total. The second kappa shape index (κ2) is 14.2. The van der Waals surface area contributed by atoms with E-state index in [1.165, 1.54) is 21.4 Å². The Balaban J connectivity index is 1.04. The summed E-state index contributed by atoms with van der Waals surface area (Å²) in [7, 11) is 0. The van der Waals surface area contributed by atoms with E-state index in [1.54, 1.807) is 0 Å². The summed E-state index contributed by atoms with van der Waals surface area (Å²) in [6.45, 7) is 7.84. The largest absolute Gasteiger partial charge is 0.510 e. The Labute approximate surface area is 242 Å². The number of nitrogens with zero attached hydrogens (tertiary/aromatic N) is 4. The maximum atomic E-state index is 12.6. The molecule has 1 saturated heterocycles. The molecule has 3 heterocycles. The third-order valence-electron chi connectivity index (χ3n) is 7.72. The van der Waals surface area contributed by atoms with Crippen molar-refractivity contribution in [1.29, 1.82) is 0 Å². The third-order valence-corrected chi connectivity index (χ3v) is 7.72. The number of hydrogen-bond acceptors (Lipinski definition) is 8. The summed E-state index contributed by atoms with van der Waals surface area (Å²) in [5.41, 5.74) is 2.26. The molecule has 2 aliphatic heterocycles. The van der Waals surface area contributed by atoms with E-state index >= 15 is 0 Å². The molecule has 0 saturated carbocycles. The standard InChI is InChI=1S/C32H40N4O5/c1-2-3-22-40-32(38)41-24-36-30(37)16-14-26-13-15-29(33-31(26)36)39-23-7-6-17-34-18-20-35(21-19-34)28-12-8-10-25-9-4-5-11-27(25)28/h4-5,8-13,15H,2-3,6-7,14,16-24H2,1H3. The Morgan fingerprint density at radius 1 is 0.878 bits per heavy atom. The number of carbonyl (C=O) groups is 2. The van der Waals surface area contributed by atoms with E-state index in [0.29, 0.717) is 37.8 Å². The smallest absolute Gasteiger partial charge is 0.478 e. The van der Waals surface area contributed by atoms with Gasteiger partial charge in [-0.15, -0.1) is 0 Å². The first kappa shape index (κ1) is 28.7. The molecule has 1 aromatic heterocycles. The zero-order chi connectivity index (χ0) is 28.4. The first-order valence-electron chi connectivity index (χ1n) is 14.8. The highest BCUT2D eigenvalue weighted by atomic mass is 16.7. The minimum atomic E-state index is -0.777. The summed E-state index contributed by atoms with van der Waals surface area (Å²) in [6.07, 6.45) is 3.81. The summed E-state index contributed by atoms with van der Waals surface area (Å²) < 4.78 is 16.1. The quantitative estimate of drug-likeness (QED) is 0.215. The first-order chi connectivity index (χ1) is 20.1. The van der Waals surface area contributed by atoms with E-state index < -0.39 is 6.16 Å². The number of pyridine rings is 1. The fraction of sp³-hybridized carbons (Fsp3) is 0.469. The third kappa shape index (κ3) is 7.47. The van der Waals surface area contributed by atoms with E-state index in [1.807, 2.05) is 19.1 Å². The fourth-order valence-corrected chi connectivity index (χ4v) is 5.37. The molecule has 3 aromatic rings. The number of aromatic nitrogens is 1. The van der Waals surface area contributed by atoms with Crippen LogP contribution in [0, 0.1) is 0 Å². The molecule has 0 aliphatic carbocycles. The molecule has 2 aromatic carbocycles. The molecule has 5 rings (SSSR count). The summed E-state index contributed by atoms with van der Waals surface area (Å²) in [4.78, 5) is 35.4. The van der Waals surface area contributed by atoms with Gasteiger partial charge in [-0.25, -0.2) is 4.79 Å². The van der Waals surface area contributed by atoms with Gasteiger partial charge in [-0.1, -0.05) is 49.7 Å². The van der Waals surface area contributed by atoms with E-state index in [9.17, 15) is 9.59 Å². The first-order valence-corrected chi connectivity index (χ1v) is 14.8. The van der Waals surface area contributed by atoms with Gasteiger partial charge in [-0.05, 0) is 55.3 Å². The molecule has 1 amide bonds. The highest BCUT2D eigenvalue weighted by Crippen LogP contribution is 2.29. The molecule has 0 unspecified atom stereocenters. The second-order valence-electron chi connectivity index (χ2n) is 10.6. The van der Waals surface area contributed by atoms with Gasteiger partial charge < -0.3 is 19.1 Å². The van der Waals surface area contributed by atoms with Crippen LogP contribution in [0.25, 0.3) is 10.8 Å². The number of aryl methyl sites for hydroxylation is 1. The second-order valence-corrected chi connectivity index (χ2v) is 10.6. The Hall–Kier alpha value is -3.85. The number of anilines is 2. The minimum absolute atomic E-state index is 0.135. The van der Waals surface area contributed by atoms with Gasteiger partial charge in [-0.2, -0.15) is 4.98 Å². The molecule has 0 spiro atoms. The van der Waals surface area contributed by atoms with Crippen LogP contribution in [0.4, 0.5) is 16.3 Å². The number of unbranched alkanes of at least 4 members (excludes halogenated alkanes) is 2. The lowest BCUT2D eigenvalue weighted by Gasteiger charge is -2.36. The summed E-state index contributed by atoms with van der Waals surface area (Å²) >= 11 is 0. The molecular formula is C32H40N4O5. The van der Waals surface area contributed by atoms with Gasteiger partial charge in [-0.3, -0.25) is 14.6 Å². The average Bonchev–Trinajstić information content (AvgIpc) is 3.00. The monoisotopic (exact) mass is 560 g/mol. The van der Waals surface area contributed by atoms with E-state index in [0.717, 1.165) is 64.0 Å². The fourth-order valence-electron chi connectivity index (χ4n) is 5.37. The van der Waals surface area contributed by atoms with Gasteiger partial charge in [0.05, 0.1) is 13.2 Å². The molecule has 1 fully saturated rings. The van der Waals surface area contributed by atoms with Crippen LogP contribution in [-0.2, 0) is 20.7 Å². The van der Waals surface area contributed by atoms with Gasteiger partial charge in [0.1, 0.15) is 5.82 Å². The van der Waals surface area contributed by atoms with Crippen LogP contribution in [-0.4, -0.2) is 74.6 Å². The number of fused-ring (bicyclic) bond motifs is 2. The van der Waals surface area contributed by atoms with Crippen molar-refractivity contribution < 1.29 is 23.8 Å². The molecule has 0 atom stereocenters. The zero-order valence-electron chi connectivity index (χ0n) is 23.9. The lowest BCUT2D eigenvalue weighted by molar-refractivity contribution is -0.119. The van der Waals surface area contributed by atoms with Crippen LogP contribution in [0.2, 0.25) is 0 Å². The Bertz CT molecular complexity index is 1320. The molecule has 41 heavy (non-hydrogen) atoms. The predicted molar refractivity (Wildman–Crippen MR) is 160 cm³/mol. The highest BCUT2D eigenvalue weighted by molar-refractivity contribution is 5.95. The molecule has 0 bridgehead atoms. The number of ether oxygens (including phenoxy) is 3. The van der Waals surface area contributed by atoms with Crippen molar-refractivity contribution in [3.8, 4) is 5.88 Å². The van der Waals surface area contributed by atoms with Gasteiger partial charge in [0.2, 0.25) is 11.8 Å². The Morgan fingerprint density at radius 2 is 1.71 bits per heavy atom. The number of amides is 1. The lowest BCUT2D eigenvalue weighted by Crippen LogP contribution is -2.46. The zero-order valence-corrected chi connectivity index (χ0v) is 23.9. The van der Waals surface area contributed by atoms with Gasteiger partial charge >= 0.3 is 6.16 Å². The van der Waals surface area contributed by atoms with Crippen molar-refractivity contribution in [2.75, 3.05) is 62.5 Å². The molecular weight excluding hydrogens is 520 g/mol. The van der Waals surface area contributed by atoms with E-state index in [4.69, 9.17) is 14.2 Å². The SMILES string of the molecule is CCCCOC(=O)OCN1C(=O)CCc2ccc(OCCCCN3CCN(c4cccc5ccccc45)CC3)nc21. The summed E-state index contributed by atoms with van der Waals surface area (Å²) in [5.74, 6) is 0.825. The van der Waals surface area contributed by atoms with Crippen molar-refractivity contribution >= 4 is 34.3 Å². The summed E-state index contributed by atoms with van der Waals surface area (Å²) in [5, 5.41) is 2.61. The van der Waals surface area contributed by atoms with E-state index in [2.05, 4.69) is 57.2 Å². The van der Waals surface area contributed by atoms with Crippen molar-refractivity contribution in [1.82, 2.24) is 9.88 Å². The van der Waals surface area contributed by atoms with Gasteiger partial charge in [0.15, 0.2) is 6.73 Å². The minimum Gasteiger partial charge on any atom is -0.478 e. The van der Waals surface area contributed by atoms with Crippen LogP contribution in [0.3, 0.4) is 0 Å². The average molecular weight is 561 g/mol. The lowest BCUT2D eigenvalue weighted by atomic mass is 10.1. The maximum Gasteiger partial charge on any atom is 0.510 e. The van der Waals surface area contributed by atoms with Gasteiger partial charge in [0.25, 0.3) is 0 Å².